The van der Waals surface area contributed by atoms with Crippen LogP contribution in [0.4, 0.5) is 0 Å². The van der Waals surface area contributed by atoms with Crippen molar-refractivity contribution in [3.8, 4) is 0 Å². The minimum atomic E-state index is -1.30. The molecular formula is C33H67N5O5. The van der Waals surface area contributed by atoms with Crippen LogP contribution in [0.1, 0.15) is 132 Å². The fourth-order valence-corrected chi connectivity index (χ4v) is 4.51. The summed E-state index contributed by atoms with van der Waals surface area (Å²) >= 11 is 0. The molecule has 1 saturated heterocycles. The van der Waals surface area contributed by atoms with E-state index in [1.807, 2.05) is 13.8 Å². The van der Waals surface area contributed by atoms with Gasteiger partial charge < -0.3 is 31.3 Å². The highest BCUT2D eigenvalue weighted by atomic mass is 16.3. The highest BCUT2D eigenvalue weighted by Gasteiger charge is 2.34. The lowest BCUT2D eigenvalue weighted by Crippen LogP contribution is -2.51. The van der Waals surface area contributed by atoms with Crippen LogP contribution < -0.4 is 21.3 Å². The van der Waals surface area contributed by atoms with Gasteiger partial charge in [-0.05, 0) is 57.9 Å². The molecule has 3 fully saturated rings. The van der Waals surface area contributed by atoms with Crippen molar-refractivity contribution >= 4 is 24.1 Å². The molecule has 5 N–H and O–H groups in total. The van der Waals surface area contributed by atoms with E-state index >= 15 is 0 Å². The molecule has 0 aromatic heterocycles. The van der Waals surface area contributed by atoms with Gasteiger partial charge in [0.15, 0.2) is 0 Å². The highest BCUT2D eigenvalue weighted by Crippen LogP contribution is 2.30. The lowest BCUT2D eigenvalue weighted by Gasteiger charge is -2.36. The molecule has 3 rings (SSSR count). The Morgan fingerprint density at radius 3 is 1.93 bits per heavy atom. The summed E-state index contributed by atoms with van der Waals surface area (Å²) in [5.74, 6) is -0.399. The van der Waals surface area contributed by atoms with Gasteiger partial charge in [0, 0.05) is 18.1 Å². The maximum atomic E-state index is 12.2. The number of carbonyl (C=O) groups excluding carboxylic acids is 4. The van der Waals surface area contributed by atoms with Crippen LogP contribution in [-0.2, 0) is 19.2 Å². The quantitative estimate of drug-likeness (QED) is 0.220. The second-order valence-corrected chi connectivity index (χ2v) is 12.0. The van der Waals surface area contributed by atoms with E-state index in [1.165, 1.54) is 56.3 Å². The van der Waals surface area contributed by atoms with E-state index in [4.69, 9.17) is 0 Å². The van der Waals surface area contributed by atoms with Gasteiger partial charge in [0.2, 0.25) is 18.2 Å². The second-order valence-electron chi connectivity index (χ2n) is 12.0. The number of unbranched alkanes of at least 4 members (excludes halogenated alkanes) is 1. The Labute approximate surface area is 263 Å². The molecule has 1 heterocycles. The Morgan fingerprint density at radius 1 is 0.953 bits per heavy atom. The molecule has 43 heavy (non-hydrogen) atoms. The van der Waals surface area contributed by atoms with Crippen LogP contribution in [0.25, 0.3) is 0 Å². The molecule has 254 valence electrons. The first-order valence-electron chi connectivity index (χ1n) is 16.9. The Morgan fingerprint density at radius 2 is 1.51 bits per heavy atom. The monoisotopic (exact) mass is 614 g/mol. The lowest BCUT2D eigenvalue weighted by atomic mass is 9.80. The summed E-state index contributed by atoms with van der Waals surface area (Å²) in [6.07, 6.45) is 13.2. The van der Waals surface area contributed by atoms with Crippen molar-refractivity contribution in [2.24, 2.45) is 5.92 Å². The third-order valence-corrected chi connectivity index (χ3v) is 7.43. The van der Waals surface area contributed by atoms with Crippen LogP contribution in [0.3, 0.4) is 0 Å². The molecule has 0 aromatic rings. The molecule has 10 heteroatoms. The van der Waals surface area contributed by atoms with Crippen LogP contribution in [0.15, 0.2) is 0 Å². The molecule has 2 aliphatic carbocycles. The SMILES string of the molecule is CC.CC(C)C.CCC1(NC)CCCCC1.CCCC.O=CNCC(=O)N1CCCC1C(=O)NCC(O)C(=O)NC1CC1. The zero-order valence-electron chi connectivity index (χ0n) is 29.0. The second kappa shape index (κ2) is 26.2. The van der Waals surface area contributed by atoms with Crippen LogP contribution >= 0.6 is 0 Å². The number of nitrogens with zero attached hydrogens (tertiary/aromatic N) is 1. The molecule has 4 amide bonds. The molecule has 2 unspecified atom stereocenters. The number of aliphatic hydroxyl groups excluding tert-OH is 1. The van der Waals surface area contributed by atoms with Crippen molar-refractivity contribution in [1.82, 2.24) is 26.2 Å². The molecule has 2 atom stereocenters. The molecule has 0 spiro atoms. The zero-order valence-corrected chi connectivity index (χ0v) is 29.0. The van der Waals surface area contributed by atoms with Crippen molar-refractivity contribution < 1.29 is 24.3 Å². The van der Waals surface area contributed by atoms with Gasteiger partial charge >= 0.3 is 0 Å². The molecule has 1 aliphatic heterocycles. The predicted molar refractivity (Wildman–Crippen MR) is 177 cm³/mol. The number of nitrogens with one attached hydrogen (secondary N) is 4. The fourth-order valence-electron chi connectivity index (χ4n) is 4.51. The Bertz CT molecular complexity index is 728. The third-order valence-electron chi connectivity index (χ3n) is 7.43. The summed E-state index contributed by atoms with van der Waals surface area (Å²) in [5.41, 5.74) is 0.512. The molecular weight excluding hydrogens is 546 g/mol. The first-order valence-corrected chi connectivity index (χ1v) is 16.9. The number of rotatable bonds is 11. The minimum Gasteiger partial charge on any atom is -0.381 e. The van der Waals surface area contributed by atoms with Gasteiger partial charge in [-0.3, -0.25) is 19.2 Å². The van der Waals surface area contributed by atoms with E-state index in [0.717, 1.165) is 18.8 Å². The van der Waals surface area contributed by atoms with Crippen molar-refractivity contribution in [1.29, 1.82) is 0 Å². The lowest BCUT2D eigenvalue weighted by molar-refractivity contribution is -0.138. The molecule has 2 saturated carbocycles. The number of hydrogen-bond donors (Lipinski definition) is 5. The van der Waals surface area contributed by atoms with Crippen LogP contribution in [0, 0.1) is 5.92 Å². The number of aliphatic hydroxyl groups is 1. The van der Waals surface area contributed by atoms with E-state index in [1.54, 1.807) is 0 Å². The molecule has 0 bridgehead atoms. The van der Waals surface area contributed by atoms with Crippen molar-refractivity contribution in [2.45, 2.75) is 156 Å². The van der Waals surface area contributed by atoms with Gasteiger partial charge in [-0.2, -0.15) is 0 Å². The first-order chi connectivity index (χ1) is 20.5. The van der Waals surface area contributed by atoms with Gasteiger partial charge in [0.1, 0.15) is 12.1 Å². The van der Waals surface area contributed by atoms with E-state index in [2.05, 4.69) is 69.9 Å². The van der Waals surface area contributed by atoms with Gasteiger partial charge in [-0.1, -0.05) is 87.5 Å². The summed E-state index contributed by atoms with van der Waals surface area (Å²) in [4.78, 5) is 47.3. The summed E-state index contributed by atoms with van der Waals surface area (Å²) in [5, 5.41) is 20.6. The van der Waals surface area contributed by atoms with Crippen LogP contribution in [0.2, 0.25) is 0 Å². The maximum absolute atomic E-state index is 12.2. The summed E-state index contributed by atoms with van der Waals surface area (Å²) in [6, 6.07) is -0.490. The average molecular weight is 614 g/mol. The third kappa shape index (κ3) is 20.4. The van der Waals surface area contributed by atoms with Gasteiger partial charge in [-0.15, -0.1) is 0 Å². The maximum Gasteiger partial charge on any atom is 0.250 e. The van der Waals surface area contributed by atoms with Crippen molar-refractivity contribution in [3.63, 3.8) is 0 Å². The highest BCUT2D eigenvalue weighted by molar-refractivity contribution is 5.90. The number of carbonyl (C=O) groups is 4. The van der Waals surface area contributed by atoms with Gasteiger partial charge in [-0.25, -0.2) is 0 Å². The molecule has 0 radical (unpaired) electrons. The minimum absolute atomic E-state index is 0.140. The Hall–Kier alpha value is -2.20. The van der Waals surface area contributed by atoms with Crippen LogP contribution in [-0.4, -0.2) is 84.5 Å². The number of likely N-dealkylation sites (tertiary alicyclic amines) is 1. The summed E-state index contributed by atoms with van der Waals surface area (Å²) < 4.78 is 0. The largest absolute Gasteiger partial charge is 0.381 e. The predicted octanol–water partition coefficient (Wildman–Crippen LogP) is 4.29. The zero-order chi connectivity index (χ0) is 33.3. The van der Waals surface area contributed by atoms with Crippen molar-refractivity contribution in [3.05, 3.63) is 0 Å². The molecule has 10 nitrogen and oxygen atoms in total. The van der Waals surface area contributed by atoms with Crippen LogP contribution in [0.5, 0.6) is 0 Å². The standard InChI is InChI=1S/C14H22N4O5.C9H19N.2C4H10.C2H6/c19-8-15-7-12(21)18-5-1-2-10(18)13(22)16-6-11(20)14(23)17-9-3-4-9;1-3-9(10-2)7-5-4-6-8-9;1-4(2)3;1-3-4-2;1-2/h8-11,20H,1-7H2,(H,15,19)(H,16,22)(H,17,23);10H,3-8H2,1-2H3;4H,1-3H3;3-4H2,1-2H3;1-2H3. The Kier molecular flexibility index (Phi) is 26.2. The van der Waals surface area contributed by atoms with E-state index in [-0.39, 0.29) is 25.0 Å². The van der Waals surface area contributed by atoms with Gasteiger partial charge in [0.25, 0.3) is 5.91 Å². The van der Waals surface area contributed by atoms with E-state index in [0.29, 0.717) is 31.3 Å². The number of amides is 4. The average Bonchev–Trinajstić information content (AvgIpc) is 3.70. The molecule has 3 aliphatic rings. The van der Waals surface area contributed by atoms with Crippen molar-refractivity contribution in [2.75, 3.05) is 26.7 Å². The first kappa shape index (κ1) is 42.9. The normalized spacial score (nSPS) is 18.9. The fraction of sp³-hybridized carbons (Fsp3) is 0.879. The van der Waals surface area contributed by atoms with E-state index in [9.17, 15) is 24.3 Å². The topological polar surface area (TPSA) is 140 Å². The number of hydrogen-bond acceptors (Lipinski definition) is 6. The summed E-state index contributed by atoms with van der Waals surface area (Å²) in [7, 11) is 2.11. The molecule has 0 aromatic carbocycles. The summed E-state index contributed by atoms with van der Waals surface area (Å²) in [6.45, 7) is 17.3. The van der Waals surface area contributed by atoms with E-state index < -0.39 is 24.0 Å². The smallest absolute Gasteiger partial charge is 0.250 e. The Balaban J connectivity index is 0. The van der Waals surface area contributed by atoms with Gasteiger partial charge in [0.05, 0.1) is 13.1 Å².